The van der Waals surface area contributed by atoms with E-state index in [-0.39, 0.29) is 37.4 Å². The number of rotatable bonds is 6. The highest BCUT2D eigenvalue weighted by atomic mass is 16.5. The molecule has 1 heterocycles. The lowest BCUT2D eigenvalue weighted by Crippen LogP contribution is -2.32. The van der Waals surface area contributed by atoms with Gasteiger partial charge in [-0.3, -0.25) is 14.4 Å². The van der Waals surface area contributed by atoms with E-state index in [1.54, 1.807) is 4.90 Å². The van der Waals surface area contributed by atoms with Crippen molar-refractivity contribution >= 4 is 23.5 Å². The van der Waals surface area contributed by atoms with Gasteiger partial charge >= 0.3 is 5.97 Å². The fourth-order valence-corrected chi connectivity index (χ4v) is 3.20. The predicted molar refractivity (Wildman–Crippen MR) is 106 cm³/mol. The van der Waals surface area contributed by atoms with Crippen molar-refractivity contribution in [3.8, 4) is 0 Å². The molecule has 0 bridgehead atoms. The van der Waals surface area contributed by atoms with Gasteiger partial charge in [-0.2, -0.15) is 0 Å². The molecule has 0 saturated carbocycles. The van der Waals surface area contributed by atoms with Crippen LogP contribution in [0.1, 0.15) is 30.5 Å². The molecule has 2 atom stereocenters. The van der Waals surface area contributed by atoms with E-state index >= 15 is 0 Å². The van der Waals surface area contributed by atoms with E-state index in [1.165, 1.54) is 0 Å². The molecule has 0 spiro atoms. The fourth-order valence-electron chi connectivity index (χ4n) is 3.20. The van der Waals surface area contributed by atoms with Gasteiger partial charge < -0.3 is 15.0 Å². The van der Waals surface area contributed by atoms with E-state index in [0.29, 0.717) is 0 Å². The van der Waals surface area contributed by atoms with Crippen molar-refractivity contribution in [2.75, 3.05) is 18.1 Å². The van der Waals surface area contributed by atoms with E-state index in [9.17, 15) is 14.4 Å². The quantitative estimate of drug-likeness (QED) is 0.782. The lowest BCUT2D eigenvalue weighted by molar-refractivity contribution is -0.152. The van der Waals surface area contributed by atoms with Crippen molar-refractivity contribution < 1.29 is 19.1 Å². The number of hydrogen-bond acceptors (Lipinski definition) is 4. The third-order valence-corrected chi connectivity index (χ3v) is 4.83. The molecule has 6 nitrogen and oxygen atoms in total. The zero-order chi connectivity index (χ0) is 20.1. The Morgan fingerprint density at radius 3 is 2.50 bits per heavy atom. The van der Waals surface area contributed by atoms with Crippen LogP contribution in [0.3, 0.4) is 0 Å². The van der Waals surface area contributed by atoms with Gasteiger partial charge in [-0.05, 0) is 31.5 Å². The van der Waals surface area contributed by atoms with Crippen LogP contribution in [0, 0.1) is 12.8 Å². The SMILES string of the molecule is Cc1ccc(N2C[C@H](C(=O)OCC(=O)N[C@H](C)c3ccccc3)CC2=O)cc1. The highest BCUT2D eigenvalue weighted by Crippen LogP contribution is 2.26. The molecular weight excluding hydrogens is 356 g/mol. The lowest BCUT2D eigenvalue weighted by Gasteiger charge is -2.17. The van der Waals surface area contributed by atoms with Crippen LogP contribution in [0.2, 0.25) is 0 Å². The van der Waals surface area contributed by atoms with Gasteiger partial charge in [0.25, 0.3) is 5.91 Å². The zero-order valence-electron chi connectivity index (χ0n) is 16.1. The summed E-state index contributed by atoms with van der Waals surface area (Å²) in [6.45, 7) is 3.75. The molecule has 1 N–H and O–H groups in total. The number of carbonyl (C=O) groups excluding carboxylic acids is 3. The van der Waals surface area contributed by atoms with E-state index in [0.717, 1.165) is 16.8 Å². The van der Waals surface area contributed by atoms with Gasteiger partial charge in [-0.25, -0.2) is 0 Å². The molecule has 1 aliphatic heterocycles. The van der Waals surface area contributed by atoms with E-state index in [1.807, 2.05) is 68.4 Å². The van der Waals surface area contributed by atoms with E-state index < -0.39 is 11.9 Å². The average molecular weight is 380 g/mol. The molecule has 2 amide bonds. The Kier molecular flexibility index (Phi) is 6.09. The first-order chi connectivity index (χ1) is 13.4. The molecule has 1 saturated heterocycles. The number of benzene rings is 2. The van der Waals surface area contributed by atoms with Crippen molar-refractivity contribution in [2.24, 2.45) is 5.92 Å². The number of nitrogens with one attached hydrogen (secondary N) is 1. The Labute approximate surface area is 164 Å². The first-order valence-electron chi connectivity index (χ1n) is 9.32. The second-order valence-corrected chi connectivity index (χ2v) is 7.05. The summed E-state index contributed by atoms with van der Waals surface area (Å²) in [4.78, 5) is 38.2. The van der Waals surface area contributed by atoms with E-state index in [4.69, 9.17) is 4.74 Å². The molecule has 1 fully saturated rings. The second-order valence-electron chi connectivity index (χ2n) is 7.05. The minimum Gasteiger partial charge on any atom is -0.455 e. The smallest absolute Gasteiger partial charge is 0.311 e. The second kappa shape index (κ2) is 8.69. The lowest BCUT2D eigenvalue weighted by atomic mass is 10.1. The number of ether oxygens (including phenoxy) is 1. The summed E-state index contributed by atoms with van der Waals surface area (Å²) in [5, 5.41) is 2.80. The van der Waals surface area contributed by atoms with Crippen molar-refractivity contribution in [1.29, 1.82) is 0 Å². The Morgan fingerprint density at radius 2 is 1.82 bits per heavy atom. The molecule has 2 aromatic carbocycles. The molecule has 6 heteroatoms. The Balaban J connectivity index is 1.49. The summed E-state index contributed by atoms with van der Waals surface area (Å²) in [6.07, 6.45) is 0.0920. The highest BCUT2D eigenvalue weighted by molar-refractivity contribution is 5.99. The summed E-state index contributed by atoms with van der Waals surface area (Å²) >= 11 is 0. The first-order valence-corrected chi connectivity index (χ1v) is 9.32. The molecular formula is C22H24N2O4. The standard InChI is InChI=1S/C22H24N2O4/c1-15-8-10-19(11-9-15)24-13-18(12-21(24)26)22(27)28-14-20(25)23-16(2)17-6-4-3-5-7-17/h3-11,16,18H,12-14H2,1-2H3,(H,23,25)/t16-,18-/m1/s1. The van der Waals surface area contributed by atoms with Crippen molar-refractivity contribution in [2.45, 2.75) is 26.3 Å². The maximum Gasteiger partial charge on any atom is 0.311 e. The van der Waals surface area contributed by atoms with Crippen molar-refractivity contribution in [3.63, 3.8) is 0 Å². The number of anilines is 1. The van der Waals surface area contributed by atoms with Gasteiger partial charge in [-0.1, -0.05) is 48.0 Å². The molecule has 2 aromatic rings. The monoisotopic (exact) mass is 380 g/mol. The first kappa shape index (κ1) is 19.6. The van der Waals surface area contributed by atoms with Crippen LogP contribution in [0.25, 0.3) is 0 Å². The summed E-state index contributed by atoms with van der Waals surface area (Å²) in [5.41, 5.74) is 2.83. The highest BCUT2D eigenvalue weighted by Gasteiger charge is 2.36. The predicted octanol–water partition coefficient (Wildman–Crippen LogP) is 2.77. The van der Waals surface area contributed by atoms with Crippen LogP contribution in [-0.4, -0.2) is 30.9 Å². The summed E-state index contributed by atoms with van der Waals surface area (Å²) in [5.74, 6) is -1.57. The molecule has 0 unspecified atom stereocenters. The van der Waals surface area contributed by atoms with Gasteiger partial charge in [-0.15, -0.1) is 0 Å². The summed E-state index contributed by atoms with van der Waals surface area (Å²) < 4.78 is 5.15. The number of hydrogen-bond donors (Lipinski definition) is 1. The van der Waals surface area contributed by atoms with Crippen LogP contribution in [0.5, 0.6) is 0 Å². The van der Waals surface area contributed by atoms with Gasteiger partial charge in [0, 0.05) is 18.7 Å². The van der Waals surface area contributed by atoms with Crippen LogP contribution in [-0.2, 0) is 19.1 Å². The van der Waals surface area contributed by atoms with Gasteiger partial charge in [0.1, 0.15) is 0 Å². The fraction of sp³-hybridized carbons (Fsp3) is 0.318. The number of nitrogens with zero attached hydrogens (tertiary/aromatic N) is 1. The van der Waals surface area contributed by atoms with Gasteiger partial charge in [0.15, 0.2) is 6.61 Å². The normalized spacial score (nSPS) is 17.3. The minimum atomic E-state index is -0.562. The summed E-state index contributed by atoms with van der Waals surface area (Å²) in [6, 6.07) is 16.9. The Morgan fingerprint density at radius 1 is 1.14 bits per heavy atom. The topological polar surface area (TPSA) is 75.7 Å². The largest absolute Gasteiger partial charge is 0.455 e. The van der Waals surface area contributed by atoms with Gasteiger partial charge in [0.05, 0.1) is 12.0 Å². The van der Waals surface area contributed by atoms with Crippen LogP contribution >= 0.6 is 0 Å². The van der Waals surface area contributed by atoms with Gasteiger partial charge in [0.2, 0.25) is 5.91 Å². The molecule has 0 radical (unpaired) electrons. The van der Waals surface area contributed by atoms with Crippen molar-refractivity contribution in [1.82, 2.24) is 5.32 Å². The maximum atomic E-state index is 12.3. The molecule has 1 aliphatic rings. The third kappa shape index (κ3) is 4.76. The minimum absolute atomic E-state index is 0.0920. The number of aryl methyl sites for hydroxylation is 1. The molecule has 0 aliphatic carbocycles. The summed E-state index contributed by atoms with van der Waals surface area (Å²) in [7, 11) is 0. The van der Waals surface area contributed by atoms with Crippen LogP contribution in [0.4, 0.5) is 5.69 Å². The molecule has 3 rings (SSSR count). The third-order valence-electron chi connectivity index (χ3n) is 4.83. The molecule has 146 valence electrons. The average Bonchev–Trinajstić information content (AvgIpc) is 3.09. The number of esters is 1. The van der Waals surface area contributed by atoms with Crippen LogP contribution < -0.4 is 10.2 Å². The number of carbonyl (C=O) groups is 3. The van der Waals surface area contributed by atoms with Crippen LogP contribution in [0.15, 0.2) is 54.6 Å². The Bertz CT molecular complexity index is 849. The Hall–Kier alpha value is -3.15. The molecule has 28 heavy (non-hydrogen) atoms. The maximum absolute atomic E-state index is 12.3. The molecule has 0 aromatic heterocycles. The number of amides is 2. The van der Waals surface area contributed by atoms with E-state index in [2.05, 4.69) is 5.32 Å². The zero-order valence-corrected chi connectivity index (χ0v) is 16.1. The van der Waals surface area contributed by atoms with Crippen molar-refractivity contribution in [3.05, 3.63) is 65.7 Å².